The van der Waals surface area contributed by atoms with E-state index >= 15 is 0 Å². The third kappa shape index (κ3) is 4.74. The van der Waals surface area contributed by atoms with Crippen LogP contribution in [0, 0.1) is 5.82 Å². The van der Waals surface area contributed by atoms with Crippen molar-refractivity contribution in [1.29, 1.82) is 0 Å². The lowest BCUT2D eigenvalue weighted by Crippen LogP contribution is -2.38. The average molecular weight is 450 g/mol. The predicted molar refractivity (Wildman–Crippen MR) is 104 cm³/mol. The lowest BCUT2D eigenvalue weighted by Gasteiger charge is -2.23. The molecule has 1 unspecified atom stereocenters. The molecule has 1 aromatic heterocycles. The number of anilines is 1. The molecule has 0 aliphatic carbocycles. The Morgan fingerprint density at radius 3 is 2.81 bits per heavy atom. The highest BCUT2D eigenvalue weighted by molar-refractivity contribution is 7.15. The molecule has 2 heterocycles. The van der Waals surface area contributed by atoms with E-state index in [9.17, 15) is 27.2 Å². The van der Waals surface area contributed by atoms with Crippen LogP contribution >= 0.6 is 11.3 Å². The highest BCUT2D eigenvalue weighted by Crippen LogP contribution is 2.31. The molecule has 1 atom stereocenters. The molecular formula is C21H14F4N2O3S. The third-order valence-electron chi connectivity index (χ3n) is 4.65. The molecule has 1 aliphatic rings. The molecule has 4 rings (SSSR count). The smallest absolute Gasteiger partial charge is 0.416 e. The first-order valence-electron chi connectivity index (χ1n) is 9.10. The summed E-state index contributed by atoms with van der Waals surface area (Å²) in [7, 11) is 0. The zero-order valence-electron chi connectivity index (χ0n) is 15.7. The van der Waals surface area contributed by atoms with E-state index in [1.165, 1.54) is 24.4 Å². The van der Waals surface area contributed by atoms with Crippen molar-refractivity contribution in [3.05, 3.63) is 81.6 Å². The monoisotopic (exact) mass is 450 g/mol. The number of hydrogen-bond acceptors (Lipinski definition) is 5. The minimum atomic E-state index is -4.43. The van der Waals surface area contributed by atoms with Crippen molar-refractivity contribution in [3.63, 3.8) is 0 Å². The predicted octanol–water partition coefficient (Wildman–Crippen LogP) is 4.61. The maximum Gasteiger partial charge on any atom is 0.416 e. The summed E-state index contributed by atoms with van der Waals surface area (Å²) in [5, 5.41) is 2.75. The van der Waals surface area contributed by atoms with Gasteiger partial charge in [0, 0.05) is 23.9 Å². The summed E-state index contributed by atoms with van der Waals surface area (Å²) in [6.45, 7) is 0. The zero-order valence-corrected chi connectivity index (χ0v) is 16.5. The molecule has 0 radical (unpaired) electrons. The van der Waals surface area contributed by atoms with Gasteiger partial charge in [0.15, 0.2) is 11.2 Å². The summed E-state index contributed by atoms with van der Waals surface area (Å²) >= 11 is 1.10. The van der Waals surface area contributed by atoms with Crippen molar-refractivity contribution >= 4 is 28.3 Å². The molecular weight excluding hydrogens is 436 g/mol. The van der Waals surface area contributed by atoms with E-state index in [-0.39, 0.29) is 23.5 Å². The van der Waals surface area contributed by atoms with Crippen molar-refractivity contribution in [2.75, 3.05) is 5.32 Å². The third-order valence-corrected chi connectivity index (χ3v) is 5.56. The number of fused-ring (bicyclic) bond motifs is 1. The molecule has 3 aromatic rings. The SMILES string of the molecule is O=C1OC(C(=O)Nc2ncc(Cc3cccc(C(F)(F)F)c3)s2)Cc2cc(F)ccc21. The second-order valence-electron chi connectivity index (χ2n) is 6.90. The number of ether oxygens (including phenoxy) is 1. The van der Waals surface area contributed by atoms with Crippen LogP contribution in [-0.2, 0) is 28.5 Å². The molecule has 1 aliphatic heterocycles. The minimum absolute atomic E-state index is 0.0210. The molecule has 1 N–H and O–H groups in total. The summed E-state index contributed by atoms with van der Waals surface area (Å²) in [6.07, 6.45) is -3.88. The van der Waals surface area contributed by atoms with Crippen LogP contribution in [0.15, 0.2) is 48.7 Å². The zero-order chi connectivity index (χ0) is 22.2. The number of carbonyl (C=O) groups excluding carboxylic acids is 2. The first kappa shape index (κ1) is 21.0. The minimum Gasteiger partial charge on any atom is -0.448 e. The number of aromatic nitrogens is 1. The second-order valence-corrected chi connectivity index (χ2v) is 8.01. The standard InChI is InChI=1S/C21H14F4N2O3S/c22-14-4-5-16-12(8-14)9-17(30-19(16)29)18(28)27-20-26-10-15(31-20)7-11-2-1-3-13(6-11)21(23,24)25/h1-6,8,10,17H,7,9H2,(H,26,27,28). The van der Waals surface area contributed by atoms with Crippen molar-refractivity contribution < 1.29 is 31.9 Å². The molecule has 2 aromatic carbocycles. The number of rotatable bonds is 4. The van der Waals surface area contributed by atoms with Crippen LogP contribution in [0.2, 0.25) is 0 Å². The number of hydrogen-bond donors (Lipinski definition) is 1. The van der Waals surface area contributed by atoms with E-state index in [4.69, 9.17) is 4.74 Å². The van der Waals surface area contributed by atoms with E-state index in [2.05, 4.69) is 10.3 Å². The van der Waals surface area contributed by atoms with E-state index in [0.29, 0.717) is 16.0 Å². The van der Waals surface area contributed by atoms with Gasteiger partial charge in [-0.2, -0.15) is 13.2 Å². The van der Waals surface area contributed by atoms with Gasteiger partial charge in [-0.15, -0.1) is 11.3 Å². The second kappa shape index (κ2) is 8.10. The number of nitrogens with one attached hydrogen (secondary N) is 1. The van der Waals surface area contributed by atoms with E-state index in [1.807, 2.05) is 0 Å². The summed E-state index contributed by atoms with van der Waals surface area (Å²) < 4.78 is 57.2. The Bertz CT molecular complexity index is 1160. The van der Waals surface area contributed by atoms with Crippen molar-refractivity contribution in [3.8, 4) is 0 Å². The van der Waals surface area contributed by atoms with Crippen LogP contribution in [0.25, 0.3) is 0 Å². The largest absolute Gasteiger partial charge is 0.448 e. The van der Waals surface area contributed by atoms with Crippen LogP contribution in [0.3, 0.4) is 0 Å². The number of carbonyl (C=O) groups is 2. The summed E-state index contributed by atoms with van der Waals surface area (Å²) in [5.74, 6) is -1.86. The molecule has 160 valence electrons. The van der Waals surface area contributed by atoms with Gasteiger partial charge in [-0.1, -0.05) is 18.2 Å². The lowest BCUT2D eigenvalue weighted by molar-refractivity contribution is -0.137. The van der Waals surface area contributed by atoms with Gasteiger partial charge in [-0.3, -0.25) is 10.1 Å². The number of benzene rings is 2. The normalized spacial score (nSPS) is 15.9. The van der Waals surface area contributed by atoms with E-state index < -0.39 is 35.5 Å². The quantitative estimate of drug-likeness (QED) is 0.466. The summed E-state index contributed by atoms with van der Waals surface area (Å²) in [4.78, 5) is 29.2. The van der Waals surface area contributed by atoms with Crippen LogP contribution < -0.4 is 5.32 Å². The van der Waals surface area contributed by atoms with Crippen molar-refractivity contribution in [2.45, 2.75) is 25.1 Å². The van der Waals surface area contributed by atoms with E-state index in [1.54, 1.807) is 6.07 Å². The highest BCUT2D eigenvalue weighted by Gasteiger charge is 2.32. The maximum absolute atomic E-state index is 13.4. The molecule has 0 fully saturated rings. The fourth-order valence-electron chi connectivity index (χ4n) is 3.20. The topological polar surface area (TPSA) is 68.3 Å². The first-order valence-corrected chi connectivity index (χ1v) is 9.92. The van der Waals surface area contributed by atoms with Gasteiger partial charge in [0.2, 0.25) is 0 Å². The van der Waals surface area contributed by atoms with Crippen molar-refractivity contribution in [2.24, 2.45) is 0 Å². The fraction of sp³-hybridized carbons (Fsp3) is 0.190. The van der Waals surface area contributed by atoms with Gasteiger partial charge < -0.3 is 4.74 Å². The molecule has 0 spiro atoms. The highest BCUT2D eigenvalue weighted by atomic mass is 32.1. The van der Waals surface area contributed by atoms with Gasteiger partial charge in [-0.05, 0) is 35.4 Å². The van der Waals surface area contributed by atoms with Crippen LogP contribution in [-0.4, -0.2) is 23.0 Å². The number of halogens is 4. The Hall–Kier alpha value is -3.27. The Morgan fingerprint density at radius 1 is 1.23 bits per heavy atom. The number of alkyl halides is 3. The Kier molecular flexibility index (Phi) is 5.48. The van der Waals surface area contributed by atoms with Crippen LogP contribution in [0.5, 0.6) is 0 Å². The fourth-order valence-corrected chi connectivity index (χ4v) is 4.05. The lowest BCUT2D eigenvalue weighted by atomic mass is 9.98. The van der Waals surface area contributed by atoms with E-state index in [0.717, 1.165) is 29.5 Å². The summed E-state index contributed by atoms with van der Waals surface area (Å²) in [5.41, 5.74) is 0.305. The molecule has 0 saturated heterocycles. The molecule has 0 bridgehead atoms. The van der Waals surface area contributed by atoms with Gasteiger partial charge >= 0.3 is 12.1 Å². The molecule has 5 nitrogen and oxygen atoms in total. The van der Waals surface area contributed by atoms with Crippen LogP contribution in [0.1, 0.15) is 31.9 Å². The Labute approximate surface area is 177 Å². The Morgan fingerprint density at radius 2 is 2.03 bits per heavy atom. The van der Waals surface area contributed by atoms with Gasteiger partial charge in [0.05, 0.1) is 11.1 Å². The number of cyclic esters (lactones) is 1. The first-order chi connectivity index (χ1) is 14.7. The van der Waals surface area contributed by atoms with Crippen molar-refractivity contribution in [1.82, 2.24) is 4.98 Å². The number of esters is 1. The number of thiazole rings is 1. The molecule has 1 amide bonds. The molecule has 31 heavy (non-hydrogen) atoms. The number of nitrogens with zero attached hydrogens (tertiary/aromatic N) is 1. The van der Waals surface area contributed by atoms with Gasteiger partial charge in [0.25, 0.3) is 5.91 Å². The van der Waals surface area contributed by atoms with Gasteiger partial charge in [-0.25, -0.2) is 14.2 Å². The van der Waals surface area contributed by atoms with Crippen LogP contribution in [0.4, 0.5) is 22.7 Å². The summed E-state index contributed by atoms with van der Waals surface area (Å²) in [6, 6.07) is 8.61. The molecule has 10 heteroatoms. The van der Waals surface area contributed by atoms with Gasteiger partial charge in [0.1, 0.15) is 5.82 Å². The molecule has 0 saturated carbocycles. The maximum atomic E-state index is 13.4. The Balaban J connectivity index is 1.42. The average Bonchev–Trinajstić information content (AvgIpc) is 3.13. The number of amides is 1.